The largest absolute Gasteiger partial charge is 0.417 e. The van der Waals surface area contributed by atoms with Gasteiger partial charge in [-0.15, -0.1) is 0 Å². The molecule has 1 aliphatic heterocycles. The van der Waals surface area contributed by atoms with E-state index < -0.39 is 38.6 Å². The molecule has 0 bridgehead atoms. The molecule has 1 saturated heterocycles. The van der Waals surface area contributed by atoms with E-state index in [1.54, 1.807) is 0 Å². The third-order valence-electron chi connectivity index (χ3n) is 3.62. The maximum atomic E-state index is 13.1. The van der Waals surface area contributed by atoms with Crippen LogP contribution >= 0.6 is 11.6 Å². The number of nitrogens with zero attached hydrogens (tertiary/aromatic N) is 1. The normalized spacial score (nSPS) is 20.4. The fourth-order valence-corrected chi connectivity index (χ4v) is 4.58. The molecule has 0 spiro atoms. The second-order valence-corrected chi connectivity index (χ2v) is 7.46. The van der Waals surface area contributed by atoms with E-state index in [0.717, 1.165) is 16.4 Å². The Bertz CT molecular complexity index is 722. The molecule has 1 amide bonds. The van der Waals surface area contributed by atoms with E-state index in [4.69, 9.17) is 17.3 Å². The highest BCUT2D eigenvalue weighted by atomic mass is 35.5. The van der Waals surface area contributed by atoms with Crippen LogP contribution in [-0.2, 0) is 21.0 Å². The predicted octanol–water partition coefficient (Wildman–Crippen LogP) is 2.39. The Balaban J connectivity index is 2.57. The van der Waals surface area contributed by atoms with Gasteiger partial charge in [-0.25, -0.2) is 8.42 Å². The minimum atomic E-state index is -4.90. The van der Waals surface area contributed by atoms with Crippen molar-refractivity contribution in [1.29, 1.82) is 0 Å². The Morgan fingerprint density at radius 1 is 1.30 bits per heavy atom. The maximum Gasteiger partial charge on any atom is 0.417 e. The molecule has 128 valence electrons. The molecule has 0 aliphatic carbocycles. The Labute approximate surface area is 136 Å². The van der Waals surface area contributed by atoms with Crippen molar-refractivity contribution in [3.05, 3.63) is 28.8 Å². The molecule has 1 aromatic carbocycles. The summed E-state index contributed by atoms with van der Waals surface area (Å²) in [5.74, 6) is -0.879. The number of amides is 1. The minimum absolute atomic E-state index is 0.0597. The number of alkyl halides is 3. The lowest BCUT2D eigenvalue weighted by Gasteiger charge is -2.33. The van der Waals surface area contributed by atoms with Crippen molar-refractivity contribution in [2.75, 3.05) is 6.54 Å². The number of rotatable bonds is 3. The fraction of sp³-hybridized carbons (Fsp3) is 0.462. The number of carbonyl (C=O) groups is 1. The summed E-state index contributed by atoms with van der Waals surface area (Å²) in [7, 11) is -4.53. The lowest BCUT2D eigenvalue weighted by atomic mass is 10.0. The molecule has 0 aromatic heterocycles. The number of hydrogen-bond acceptors (Lipinski definition) is 3. The van der Waals surface area contributed by atoms with E-state index in [0.29, 0.717) is 18.9 Å². The predicted molar refractivity (Wildman–Crippen MR) is 77.2 cm³/mol. The van der Waals surface area contributed by atoms with Crippen LogP contribution in [0.2, 0.25) is 5.02 Å². The van der Waals surface area contributed by atoms with Crippen molar-refractivity contribution in [2.45, 2.75) is 36.4 Å². The van der Waals surface area contributed by atoms with Crippen molar-refractivity contribution >= 4 is 27.5 Å². The number of primary amides is 1. The van der Waals surface area contributed by atoms with E-state index in [2.05, 4.69) is 0 Å². The number of sulfonamides is 1. The molecule has 0 unspecified atom stereocenters. The van der Waals surface area contributed by atoms with Crippen LogP contribution in [0.25, 0.3) is 0 Å². The van der Waals surface area contributed by atoms with Gasteiger partial charge < -0.3 is 5.73 Å². The van der Waals surface area contributed by atoms with Crippen LogP contribution in [0.3, 0.4) is 0 Å². The first-order chi connectivity index (χ1) is 10.5. The van der Waals surface area contributed by atoms with Crippen LogP contribution in [0.4, 0.5) is 13.2 Å². The van der Waals surface area contributed by atoms with Crippen LogP contribution in [0.1, 0.15) is 24.8 Å². The average molecular weight is 371 g/mol. The first-order valence-electron chi connectivity index (χ1n) is 6.73. The monoisotopic (exact) mass is 370 g/mol. The molecule has 10 heteroatoms. The Kier molecular flexibility index (Phi) is 4.93. The second kappa shape index (κ2) is 6.29. The van der Waals surface area contributed by atoms with Gasteiger partial charge in [-0.2, -0.15) is 17.5 Å². The zero-order valence-corrected chi connectivity index (χ0v) is 13.4. The molecule has 0 radical (unpaired) electrons. The molecule has 1 heterocycles. The molecular weight excluding hydrogens is 357 g/mol. The molecule has 0 saturated carbocycles. The lowest BCUT2D eigenvalue weighted by molar-refractivity contribution is -0.139. The first kappa shape index (κ1) is 18.0. The summed E-state index contributed by atoms with van der Waals surface area (Å²) in [4.78, 5) is 10.5. The van der Waals surface area contributed by atoms with E-state index >= 15 is 0 Å². The van der Waals surface area contributed by atoms with Crippen molar-refractivity contribution in [2.24, 2.45) is 5.73 Å². The number of hydrogen-bond donors (Lipinski definition) is 1. The number of benzene rings is 1. The Morgan fingerprint density at radius 3 is 2.52 bits per heavy atom. The highest BCUT2D eigenvalue weighted by molar-refractivity contribution is 7.89. The van der Waals surface area contributed by atoms with Crippen molar-refractivity contribution in [3.8, 4) is 0 Å². The van der Waals surface area contributed by atoms with Gasteiger partial charge in [-0.1, -0.05) is 18.0 Å². The van der Waals surface area contributed by atoms with Gasteiger partial charge in [0.05, 0.1) is 10.5 Å². The topological polar surface area (TPSA) is 80.5 Å². The highest BCUT2D eigenvalue weighted by Gasteiger charge is 2.42. The summed E-state index contributed by atoms with van der Waals surface area (Å²) in [6.07, 6.45) is -3.70. The Hall–Kier alpha value is -1.32. The standard InChI is InChI=1S/C13H14ClF3N2O3S/c14-8-4-5-11(9(7-8)13(15,16)17)23(21,22)19-6-2-1-3-10(19)12(18)20/h4-5,7,10H,1-3,6H2,(H2,18,20)/t10-/m1/s1. The molecule has 2 rings (SSSR count). The van der Waals surface area contributed by atoms with Gasteiger partial charge in [0.15, 0.2) is 0 Å². The lowest BCUT2D eigenvalue weighted by Crippen LogP contribution is -2.50. The summed E-state index contributed by atoms with van der Waals surface area (Å²) in [5, 5.41) is -0.235. The molecule has 1 atom stereocenters. The quantitative estimate of drug-likeness (QED) is 0.887. The van der Waals surface area contributed by atoms with E-state index in [-0.39, 0.29) is 18.0 Å². The number of piperidine rings is 1. The van der Waals surface area contributed by atoms with Crippen LogP contribution in [0, 0.1) is 0 Å². The second-order valence-electron chi connectivity index (χ2n) is 5.17. The zero-order valence-electron chi connectivity index (χ0n) is 11.8. The van der Waals surface area contributed by atoms with E-state index in [1.807, 2.05) is 0 Å². The molecule has 1 fully saturated rings. The van der Waals surface area contributed by atoms with E-state index in [9.17, 15) is 26.4 Å². The maximum absolute atomic E-state index is 13.1. The highest BCUT2D eigenvalue weighted by Crippen LogP contribution is 2.38. The van der Waals surface area contributed by atoms with Gasteiger partial charge in [0, 0.05) is 11.6 Å². The van der Waals surface area contributed by atoms with E-state index in [1.165, 1.54) is 0 Å². The van der Waals surface area contributed by atoms with Gasteiger partial charge in [0.2, 0.25) is 15.9 Å². The molecular formula is C13H14ClF3N2O3S. The van der Waals surface area contributed by atoms with Crippen LogP contribution in [0.5, 0.6) is 0 Å². The summed E-state index contributed by atoms with van der Waals surface area (Å²) in [6.45, 7) is -0.0597. The number of carbonyl (C=O) groups excluding carboxylic acids is 1. The van der Waals surface area contributed by atoms with Crippen molar-refractivity contribution in [1.82, 2.24) is 4.31 Å². The van der Waals surface area contributed by atoms with Gasteiger partial charge in [-0.3, -0.25) is 4.79 Å². The smallest absolute Gasteiger partial charge is 0.368 e. The summed E-state index contributed by atoms with van der Waals surface area (Å²) >= 11 is 5.56. The fourth-order valence-electron chi connectivity index (χ4n) is 2.55. The van der Waals surface area contributed by atoms with Crippen LogP contribution < -0.4 is 5.73 Å². The van der Waals surface area contributed by atoms with Gasteiger partial charge >= 0.3 is 6.18 Å². The molecule has 23 heavy (non-hydrogen) atoms. The van der Waals surface area contributed by atoms with Gasteiger partial charge in [0.25, 0.3) is 0 Å². The Morgan fingerprint density at radius 2 is 1.96 bits per heavy atom. The third kappa shape index (κ3) is 3.61. The molecule has 5 nitrogen and oxygen atoms in total. The van der Waals surface area contributed by atoms with Crippen molar-refractivity contribution < 1.29 is 26.4 Å². The van der Waals surface area contributed by atoms with Crippen LogP contribution in [0.15, 0.2) is 23.1 Å². The van der Waals surface area contributed by atoms with Gasteiger partial charge in [0.1, 0.15) is 6.04 Å². The minimum Gasteiger partial charge on any atom is -0.368 e. The van der Waals surface area contributed by atoms with Crippen molar-refractivity contribution in [3.63, 3.8) is 0 Å². The molecule has 1 aromatic rings. The first-order valence-corrected chi connectivity index (χ1v) is 8.55. The van der Waals surface area contributed by atoms with Gasteiger partial charge in [-0.05, 0) is 31.0 Å². The third-order valence-corrected chi connectivity index (χ3v) is 5.82. The molecule has 1 aliphatic rings. The number of nitrogens with two attached hydrogens (primary N) is 1. The zero-order chi connectivity index (χ0) is 17.4. The SMILES string of the molecule is NC(=O)[C@H]1CCCCN1S(=O)(=O)c1ccc(Cl)cc1C(F)(F)F. The van der Waals surface area contributed by atoms with Crippen LogP contribution in [-0.4, -0.2) is 31.2 Å². The summed E-state index contributed by atoms with van der Waals surface area (Å²) in [5.41, 5.74) is 3.83. The summed E-state index contributed by atoms with van der Waals surface area (Å²) < 4.78 is 65.5. The summed E-state index contributed by atoms with van der Waals surface area (Å²) in [6, 6.07) is 1.27. The average Bonchev–Trinajstić information content (AvgIpc) is 2.46. The molecule has 2 N–H and O–H groups in total. The number of halogens is 4.